The first-order chi connectivity index (χ1) is 17.2. The van der Waals surface area contributed by atoms with E-state index in [0.29, 0.717) is 32.2 Å². The van der Waals surface area contributed by atoms with Crippen molar-refractivity contribution in [1.29, 1.82) is 0 Å². The molecular weight excluding hydrogens is 456 g/mol. The smallest absolute Gasteiger partial charge is 0.243 e. The summed E-state index contributed by atoms with van der Waals surface area (Å²) < 4.78 is 0. The van der Waals surface area contributed by atoms with Crippen LogP contribution < -0.4 is 21.3 Å². The third kappa shape index (κ3) is 10.5. The molecule has 8 heteroatoms. The van der Waals surface area contributed by atoms with E-state index in [-0.39, 0.29) is 17.7 Å². The van der Waals surface area contributed by atoms with Gasteiger partial charge in [-0.3, -0.25) is 19.2 Å². The second-order valence-electron chi connectivity index (χ2n) is 9.74. The van der Waals surface area contributed by atoms with Gasteiger partial charge in [0.25, 0.3) is 0 Å². The zero-order chi connectivity index (χ0) is 26.5. The molecule has 1 aliphatic heterocycles. The summed E-state index contributed by atoms with van der Waals surface area (Å²) in [6.45, 7) is 9.83. The number of allylic oxidation sites excluding steroid dienone is 2. The Morgan fingerprint density at radius 1 is 0.889 bits per heavy atom. The normalized spacial score (nSPS) is 24.4. The van der Waals surface area contributed by atoms with Gasteiger partial charge in [-0.15, -0.1) is 0 Å². The maximum Gasteiger partial charge on any atom is 0.243 e. The van der Waals surface area contributed by atoms with Crippen molar-refractivity contribution >= 4 is 23.6 Å². The largest absolute Gasteiger partial charge is 0.351 e. The van der Waals surface area contributed by atoms with E-state index in [4.69, 9.17) is 0 Å². The van der Waals surface area contributed by atoms with Gasteiger partial charge in [0.05, 0.1) is 0 Å². The highest BCUT2D eigenvalue weighted by Crippen LogP contribution is 2.11. The second-order valence-corrected chi connectivity index (χ2v) is 9.74. The SMILES string of the molecule is C=C1/C=C/CNC(=O)[C@H](C)NC(=O)[C@H](CC(C)C)NC(=O)[C@H](Cc2ccccc2)NC(=O)CCCC1. The van der Waals surface area contributed by atoms with Gasteiger partial charge in [-0.05, 0) is 44.1 Å². The molecule has 196 valence electrons. The topological polar surface area (TPSA) is 116 Å². The number of carbonyl (C=O) groups excluding carboxylic acids is 4. The van der Waals surface area contributed by atoms with Crippen LogP contribution in [0.3, 0.4) is 0 Å². The van der Waals surface area contributed by atoms with Gasteiger partial charge in [0.1, 0.15) is 18.1 Å². The molecule has 1 aliphatic rings. The highest BCUT2D eigenvalue weighted by molar-refractivity contribution is 5.94. The number of hydrogen-bond acceptors (Lipinski definition) is 4. The van der Waals surface area contributed by atoms with Gasteiger partial charge < -0.3 is 21.3 Å². The van der Waals surface area contributed by atoms with E-state index in [1.165, 1.54) is 0 Å². The molecular formula is C28H40N4O4. The van der Waals surface area contributed by atoms with Crippen molar-refractivity contribution in [3.8, 4) is 0 Å². The molecule has 4 amide bonds. The van der Waals surface area contributed by atoms with E-state index in [2.05, 4.69) is 27.8 Å². The van der Waals surface area contributed by atoms with Crippen LogP contribution in [0.25, 0.3) is 0 Å². The standard InChI is InChI=1S/C28H40N4O4/c1-19(2)17-23-27(35)30-21(4)26(34)29-16-10-12-20(3)11-8-9-15-25(33)31-24(28(36)32-23)18-22-13-6-5-7-14-22/h5-7,10,12-14,19,21,23-24H,3,8-9,11,15-18H2,1-2,4H3,(H,29,34)(H,30,35)(H,31,33)(H,32,36)/b12-10+/t21-,23-,24-/m0/s1. The van der Waals surface area contributed by atoms with Crippen molar-refractivity contribution in [2.24, 2.45) is 5.92 Å². The molecule has 0 bridgehead atoms. The third-order valence-electron chi connectivity index (χ3n) is 5.93. The van der Waals surface area contributed by atoms with E-state index in [0.717, 1.165) is 24.0 Å². The van der Waals surface area contributed by atoms with E-state index >= 15 is 0 Å². The number of hydrogen-bond donors (Lipinski definition) is 4. The molecule has 3 atom stereocenters. The van der Waals surface area contributed by atoms with Gasteiger partial charge in [-0.1, -0.05) is 68.5 Å². The Morgan fingerprint density at radius 3 is 2.25 bits per heavy atom. The van der Waals surface area contributed by atoms with Crippen molar-refractivity contribution in [3.05, 3.63) is 60.2 Å². The Bertz CT molecular complexity index is 942. The highest BCUT2D eigenvalue weighted by Gasteiger charge is 2.29. The molecule has 0 saturated carbocycles. The van der Waals surface area contributed by atoms with Crippen LogP contribution in [-0.2, 0) is 25.6 Å². The van der Waals surface area contributed by atoms with Crippen molar-refractivity contribution in [2.75, 3.05) is 6.54 Å². The molecule has 4 N–H and O–H groups in total. The summed E-state index contributed by atoms with van der Waals surface area (Å²) >= 11 is 0. The maximum atomic E-state index is 13.3. The Morgan fingerprint density at radius 2 is 1.56 bits per heavy atom. The molecule has 0 radical (unpaired) electrons. The summed E-state index contributed by atoms with van der Waals surface area (Å²) in [5.41, 5.74) is 1.80. The quantitative estimate of drug-likeness (QED) is 0.513. The van der Waals surface area contributed by atoms with E-state index in [9.17, 15) is 19.2 Å². The van der Waals surface area contributed by atoms with E-state index in [1.54, 1.807) is 6.92 Å². The highest BCUT2D eigenvalue weighted by atomic mass is 16.2. The first-order valence-electron chi connectivity index (χ1n) is 12.7. The molecule has 1 aromatic carbocycles. The number of benzene rings is 1. The van der Waals surface area contributed by atoms with Gasteiger partial charge in [-0.2, -0.15) is 0 Å². The minimum absolute atomic E-state index is 0.118. The minimum atomic E-state index is -0.840. The summed E-state index contributed by atoms with van der Waals surface area (Å²) in [6.07, 6.45) is 6.82. The fraction of sp³-hybridized carbons (Fsp3) is 0.500. The lowest BCUT2D eigenvalue weighted by Crippen LogP contribution is -2.56. The lowest BCUT2D eigenvalue weighted by atomic mass is 10.0. The fourth-order valence-electron chi connectivity index (χ4n) is 3.94. The van der Waals surface area contributed by atoms with Crippen molar-refractivity contribution < 1.29 is 19.2 Å². The predicted octanol–water partition coefficient (Wildman–Crippen LogP) is 2.55. The molecule has 1 heterocycles. The van der Waals surface area contributed by atoms with Crippen LogP contribution in [-0.4, -0.2) is 48.3 Å². The van der Waals surface area contributed by atoms with Crippen LogP contribution in [0.5, 0.6) is 0 Å². The van der Waals surface area contributed by atoms with Crippen LogP contribution in [0.4, 0.5) is 0 Å². The van der Waals surface area contributed by atoms with Crippen molar-refractivity contribution in [3.63, 3.8) is 0 Å². The first kappa shape index (κ1) is 28.8. The monoisotopic (exact) mass is 496 g/mol. The summed E-state index contributed by atoms with van der Waals surface area (Å²) in [4.78, 5) is 51.5. The van der Waals surface area contributed by atoms with Gasteiger partial charge in [0, 0.05) is 19.4 Å². The number of rotatable bonds is 4. The van der Waals surface area contributed by atoms with Crippen molar-refractivity contribution in [2.45, 2.75) is 77.4 Å². The van der Waals surface area contributed by atoms with Crippen LogP contribution in [0.15, 0.2) is 54.6 Å². The summed E-state index contributed by atoms with van der Waals surface area (Å²) in [5.74, 6) is -1.28. The Hall–Kier alpha value is -3.42. The predicted molar refractivity (Wildman–Crippen MR) is 141 cm³/mol. The number of nitrogens with one attached hydrogen (secondary N) is 4. The maximum absolute atomic E-state index is 13.3. The Balaban J connectivity index is 2.26. The Labute approximate surface area is 214 Å². The van der Waals surface area contributed by atoms with E-state index in [1.807, 2.05) is 56.3 Å². The zero-order valence-electron chi connectivity index (χ0n) is 21.6. The second kappa shape index (κ2) is 14.9. The van der Waals surface area contributed by atoms with Gasteiger partial charge >= 0.3 is 0 Å². The summed E-state index contributed by atoms with van der Waals surface area (Å²) in [5, 5.41) is 11.2. The summed E-state index contributed by atoms with van der Waals surface area (Å²) in [7, 11) is 0. The van der Waals surface area contributed by atoms with Crippen LogP contribution in [0.1, 0.15) is 58.4 Å². The lowest BCUT2D eigenvalue weighted by Gasteiger charge is -2.25. The average Bonchev–Trinajstić information content (AvgIpc) is 2.83. The molecule has 0 unspecified atom stereocenters. The van der Waals surface area contributed by atoms with Crippen LogP contribution in [0, 0.1) is 5.92 Å². The van der Waals surface area contributed by atoms with E-state index < -0.39 is 29.9 Å². The minimum Gasteiger partial charge on any atom is -0.351 e. The summed E-state index contributed by atoms with van der Waals surface area (Å²) in [6, 6.07) is 6.98. The lowest BCUT2D eigenvalue weighted by molar-refractivity contribution is -0.133. The van der Waals surface area contributed by atoms with Gasteiger partial charge in [-0.25, -0.2) is 0 Å². The van der Waals surface area contributed by atoms with Crippen LogP contribution in [0.2, 0.25) is 0 Å². The number of amides is 4. The molecule has 0 fully saturated rings. The van der Waals surface area contributed by atoms with Crippen LogP contribution >= 0.6 is 0 Å². The third-order valence-corrected chi connectivity index (χ3v) is 5.93. The molecule has 0 saturated heterocycles. The number of carbonyl (C=O) groups is 4. The molecule has 0 aromatic heterocycles. The molecule has 8 nitrogen and oxygen atoms in total. The molecule has 0 aliphatic carbocycles. The zero-order valence-corrected chi connectivity index (χ0v) is 21.6. The fourth-order valence-corrected chi connectivity index (χ4v) is 3.94. The van der Waals surface area contributed by atoms with Gasteiger partial charge in [0.2, 0.25) is 23.6 Å². The first-order valence-corrected chi connectivity index (χ1v) is 12.7. The van der Waals surface area contributed by atoms with Gasteiger partial charge in [0.15, 0.2) is 0 Å². The molecule has 2 rings (SSSR count). The molecule has 36 heavy (non-hydrogen) atoms. The van der Waals surface area contributed by atoms with Crippen molar-refractivity contribution in [1.82, 2.24) is 21.3 Å². The Kier molecular flexibility index (Phi) is 11.9. The average molecular weight is 497 g/mol. The molecule has 0 spiro atoms. The molecule has 1 aromatic rings.